The molecule has 0 aliphatic carbocycles. The first-order chi connectivity index (χ1) is 15.6. The van der Waals surface area contributed by atoms with Crippen LogP contribution in [0.1, 0.15) is 18.5 Å². The molecule has 2 aromatic carbocycles. The molecule has 0 saturated carbocycles. The second kappa shape index (κ2) is 11.6. The maximum absolute atomic E-state index is 13.0. The Morgan fingerprint density at radius 1 is 1.09 bits per heavy atom. The van der Waals surface area contributed by atoms with Crippen molar-refractivity contribution in [1.82, 2.24) is 9.62 Å². The van der Waals surface area contributed by atoms with E-state index in [4.69, 9.17) is 4.74 Å². The fraction of sp³-hybridized carbons (Fsp3) is 0.238. The molecule has 3 atom stereocenters. The van der Waals surface area contributed by atoms with Gasteiger partial charge in [0.15, 0.2) is 12.0 Å². The number of rotatable bonds is 8. The summed E-state index contributed by atoms with van der Waals surface area (Å²) >= 11 is 0. The molecule has 1 fully saturated rings. The molecule has 2 N–H and O–H groups in total. The maximum Gasteiger partial charge on any atom is 1.00 e. The van der Waals surface area contributed by atoms with Crippen molar-refractivity contribution in [2.24, 2.45) is 0 Å². The number of nitrogens with one attached hydrogen (secondary N) is 1. The number of methoxy groups -OCH3 is 1. The predicted octanol–water partition coefficient (Wildman–Crippen LogP) is -2.70. The zero-order chi connectivity index (χ0) is 24.2. The zero-order valence-corrected chi connectivity index (χ0v) is 21.1. The fourth-order valence-electron chi connectivity index (χ4n) is 3.30. The van der Waals surface area contributed by atoms with Crippen LogP contribution in [-0.2, 0) is 45.6 Å². The minimum absolute atomic E-state index is 0. The number of hydrogen-bond donors (Lipinski definition) is 2. The summed E-state index contributed by atoms with van der Waals surface area (Å²) in [6, 6.07) is 13.1. The summed E-state index contributed by atoms with van der Waals surface area (Å²) in [5.74, 6) is -5.87. The molecule has 0 radical (unpaired) electrons. The number of carbonyl (C=O) groups excluding carboxylic acids is 4. The van der Waals surface area contributed by atoms with Crippen molar-refractivity contribution in [2.75, 3.05) is 7.11 Å². The second-order valence-corrected chi connectivity index (χ2v) is 8.29. The van der Waals surface area contributed by atoms with Gasteiger partial charge in [0, 0.05) is 0 Å². The Balaban J connectivity index is 0.00000306. The van der Waals surface area contributed by atoms with Gasteiger partial charge in [-0.2, -0.15) is 12.7 Å². The van der Waals surface area contributed by atoms with E-state index in [9.17, 15) is 32.1 Å². The summed E-state index contributed by atoms with van der Waals surface area (Å²) in [6.07, 6.45) is 0. The molecular formula is C21H21N2NaO9S. The van der Waals surface area contributed by atoms with Crippen LogP contribution < -0.4 is 34.9 Å². The van der Waals surface area contributed by atoms with Crippen LogP contribution in [-0.4, -0.2) is 60.2 Å². The number of hydrogen-bond acceptors (Lipinski definition) is 8. The predicted molar refractivity (Wildman–Crippen MR) is 113 cm³/mol. The van der Waals surface area contributed by atoms with Gasteiger partial charge in [0.25, 0.3) is 5.91 Å². The number of carbonyl (C=O) groups is 4. The van der Waals surface area contributed by atoms with E-state index in [2.05, 4.69) is 10.1 Å². The van der Waals surface area contributed by atoms with Gasteiger partial charge in [-0.25, -0.2) is 4.79 Å². The molecule has 11 nitrogen and oxygen atoms in total. The molecule has 0 spiro atoms. The van der Waals surface area contributed by atoms with Gasteiger partial charge >= 0.3 is 51.8 Å². The number of benzene rings is 2. The number of esters is 2. The summed E-state index contributed by atoms with van der Waals surface area (Å²) in [7, 11) is -4.13. The number of amides is 2. The van der Waals surface area contributed by atoms with Gasteiger partial charge < -0.3 is 16.2 Å². The van der Waals surface area contributed by atoms with Crippen LogP contribution in [0.25, 0.3) is 0 Å². The summed E-state index contributed by atoms with van der Waals surface area (Å²) in [6.45, 7) is -0.111. The molecule has 34 heavy (non-hydrogen) atoms. The van der Waals surface area contributed by atoms with Crippen molar-refractivity contribution >= 4 is 34.1 Å². The van der Waals surface area contributed by atoms with Crippen molar-refractivity contribution in [2.45, 2.75) is 24.6 Å². The van der Waals surface area contributed by atoms with Crippen molar-refractivity contribution in [1.29, 1.82) is 0 Å². The molecule has 1 heterocycles. The first-order valence-electron chi connectivity index (χ1n) is 9.59. The average molecular weight is 500 g/mol. The Morgan fingerprint density at radius 2 is 1.65 bits per heavy atom. The van der Waals surface area contributed by atoms with E-state index >= 15 is 0 Å². The van der Waals surface area contributed by atoms with E-state index in [0.717, 1.165) is 7.11 Å². The van der Waals surface area contributed by atoms with Gasteiger partial charge in [0.1, 0.15) is 12.6 Å². The van der Waals surface area contributed by atoms with E-state index in [1.54, 1.807) is 48.5 Å². The van der Waals surface area contributed by atoms with Gasteiger partial charge in [-0.15, -0.1) is 0 Å². The van der Waals surface area contributed by atoms with Crippen molar-refractivity contribution in [3.05, 3.63) is 71.8 Å². The van der Waals surface area contributed by atoms with E-state index in [1.165, 1.54) is 12.1 Å². The van der Waals surface area contributed by atoms with Gasteiger partial charge in [0.2, 0.25) is 5.91 Å². The van der Waals surface area contributed by atoms with Crippen LogP contribution in [0, 0.1) is 0 Å². The third kappa shape index (κ3) is 6.02. The molecule has 2 amide bonds. The summed E-state index contributed by atoms with van der Waals surface area (Å²) < 4.78 is 41.7. The molecule has 1 aliphatic rings. The number of ether oxygens (including phenoxy) is 2. The number of β-lactam (4-membered cyclic amide) rings is 1. The minimum Gasteiger partial charge on any atom is -1.00 e. The van der Waals surface area contributed by atoms with E-state index in [0.29, 0.717) is 5.56 Å². The van der Waals surface area contributed by atoms with Crippen LogP contribution in [0.3, 0.4) is 0 Å². The zero-order valence-electron chi connectivity index (χ0n) is 19.3. The molecule has 1 aliphatic heterocycles. The Hall–Kier alpha value is -2.77. The maximum atomic E-state index is 13.0. The normalized spacial score (nSPS) is 18.1. The Kier molecular flexibility index (Phi) is 9.36. The molecule has 0 aromatic heterocycles. The summed E-state index contributed by atoms with van der Waals surface area (Å²) in [5.41, 5.74) is 0.933. The van der Waals surface area contributed by atoms with E-state index < -0.39 is 52.1 Å². The second-order valence-electron chi connectivity index (χ2n) is 7.00. The molecule has 3 rings (SSSR count). The van der Waals surface area contributed by atoms with Crippen LogP contribution in [0.15, 0.2) is 60.7 Å². The van der Waals surface area contributed by atoms with Crippen LogP contribution in [0.5, 0.6) is 0 Å². The summed E-state index contributed by atoms with van der Waals surface area (Å²) in [4.78, 5) is 50.1. The Morgan fingerprint density at radius 3 is 2.18 bits per heavy atom. The first kappa shape index (κ1) is 27.5. The quantitative estimate of drug-likeness (QED) is 0.129. The van der Waals surface area contributed by atoms with Crippen molar-refractivity contribution < 1.29 is 72.6 Å². The molecule has 1 saturated heterocycles. The Labute approximate surface area is 219 Å². The van der Waals surface area contributed by atoms with Crippen molar-refractivity contribution in [3.63, 3.8) is 0 Å². The van der Waals surface area contributed by atoms with Gasteiger partial charge in [-0.3, -0.25) is 18.9 Å². The standard InChI is InChI=1S/C21H20N2O9S.Na.H/c1-31-21(27)17-16(19(25)23(17)33(28,29)30)22-18(24)15(14-10-6-3-7-11-14)20(26)32-12-13-8-4-2-5-9-13;;/h2-11,15-17H,12H2,1H3,(H,22,24)(H,28,29,30);;/q;+1;-1. The van der Waals surface area contributed by atoms with Gasteiger partial charge in [-0.1, -0.05) is 60.7 Å². The third-order valence-electron chi connectivity index (χ3n) is 4.90. The van der Waals surface area contributed by atoms with Crippen molar-refractivity contribution in [3.8, 4) is 0 Å². The SMILES string of the molecule is COC(=O)C1C(NC(=O)C(C(=O)OCc2ccccc2)c2ccccc2)C(=O)N1S(=O)(=O)O.[H-].[Na+]. The monoisotopic (exact) mass is 500 g/mol. The Bertz CT molecular complexity index is 1170. The van der Waals surface area contributed by atoms with Crippen LogP contribution in [0.2, 0.25) is 0 Å². The summed E-state index contributed by atoms with van der Waals surface area (Å²) in [5, 5.41) is 2.20. The molecule has 176 valence electrons. The largest absolute Gasteiger partial charge is 1.00 e. The van der Waals surface area contributed by atoms with Gasteiger partial charge in [0.05, 0.1) is 7.11 Å². The minimum atomic E-state index is -5.08. The first-order valence-corrected chi connectivity index (χ1v) is 11.0. The fourth-order valence-corrected chi connectivity index (χ4v) is 4.14. The number of nitrogens with zero attached hydrogens (tertiary/aromatic N) is 1. The van der Waals surface area contributed by atoms with Crippen LogP contribution in [0.4, 0.5) is 0 Å². The van der Waals surface area contributed by atoms with E-state index in [-0.39, 0.29) is 47.5 Å². The topological polar surface area (TPSA) is 156 Å². The van der Waals surface area contributed by atoms with Gasteiger partial charge in [-0.05, 0) is 11.1 Å². The average Bonchev–Trinajstić information content (AvgIpc) is 2.79. The third-order valence-corrected chi connectivity index (χ3v) is 5.80. The molecular weight excluding hydrogens is 479 g/mol. The van der Waals surface area contributed by atoms with Crippen LogP contribution >= 0.6 is 0 Å². The molecule has 0 bridgehead atoms. The smallest absolute Gasteiger partial charge is 1.00 e. The molecule has 3 unspecified atom stereocenters. The van der Waals surface area contributed by atoms with E-state index in [1.807, 2.05) is 0 Å². The molecule has 13 heteroatoms. The molecule has 2 aromatic rings.